The van der Waals surface area contributed by atoms with Crippen molar-refractivity contribution < 1.29 is 9.18 Å². The molecule has 0 amide bonds. The SMILES string of the molecule is CC1(C)CCCN(c2cccc(F)c2C=O)C1. The van der Waals surface area contributed by atoms with Crippen LogP contribution in [0.5, 0.6) is 0 Å². The summed E-state index contributed by atoms with van der Waals surface area (Å²) in [4.78, 5) is 13.1. The van der Waals surface area contributed by atoms with Crippen molar-refractivity contribution in [1.82, 2.24) is 0 Å². The van der Waals surface area contributed by atoms with Crippen molar-refractivity contribution >= 4 is 12.0 Å². The molecule has 92 valence electrons. The molecule has 1 aliphatic heterocycles. The Bertz CT molecular complexity index is 428. The molecule has 1 aromatic rings. The van der Waals surface area contributed by atoms with Crippen LogP contribution in [0.2, 0.25) is 0 Å². The predicted octanol–water partition coefficient (Wildman–Crippen LogP) is 3.26. The second-order valence-corrected chi connectivity index (χ2v) is 5.48. The second kappa shape index (κ2) is 4.47. The van der Waals surface area contributed by atoms with E-state index in [-0.39, 0.29) is 11.0 Å². The van der Waals surface area contributed by atoms with Crippen LogP contribution >= 0.6 is 0 Å². The van der Waals surface area contributed by atoms with Gasteiger partial charge in [-0.3, -0.25) is 4.79 Å². The summed E-state index contributed by atoms with van der Waals surface area (Å²) in [5.41, 5.74) is 1.14. The van der Waals surface area contributed by atoms with Gasteiger partial charge in [-0.05, 0) is 30.4 Å². The first kappa shape index (κ1) is 12.1. The van der Waals surface area contributed by atoms with Gasteiger partial charge in [0.2, 0.25) is 0 Å². The van der Waals surface area contributed by atoms with Crippen molar-refractivity contribution in [2.75, 3.05) is 18.0 Å². The number of hydrogen-bond donors (Lipinski definition) is 0. The highest BCUT2D eigenvalue weighted by molar-refractivity contribution is 5.85. The van der Waals surface area contributed by atoms with Crippen molar-refractivity contribution in [3.8, 4) is 0 Å². The number of anilines is 1. The number of nitrogens with zero attached hydrogens (tertiary/aromatic N) is 1. The minimum Gasteiger partial charge on any atom is -0.370 e. The fourth-order valence-electron chi connectivity index (χ4n) is 2.55. The highest BCUT2D eigenvalue weighted by atomic mass is 19.1. The number of halogens is 1. The third kappa shape index (κ3) is 2.48. The van der Waals surface area contributed by atoms with Crippen molar-refractivity contribution in [3.63, 3.8) is 0 Å². The van der Waals surface area contributed by atoms with Gasteiger partial charge in [0, 0.05) is 13.1 Å². The van der Waals surface area contributed by atoms with Gasteiger partial charge < -0.3 is 4.90 Å². The average molecular weight is 235 g/mol. The summed E-state index contributed by atoms with van der Waals surface area (Å²) in [5.74, 6) is -0.430. The van der Waals surface area contributed by atoms with Crippen molar-refractivity contribution in [3.05, 3.63) is 29.6 Å². The van der Waals surface area contributed by atoms with Crippen LogP contribution in [0.4, 0.5) is 10.1 Å². The van der Waals surface area contributed by atoms with E-state index in [0.717, 1.165) is 25.2 Å². The Morgan fingerprint density at radius 2 is 2.18 bits per heavy atom. The van der Waals surface area contributed by atoms with Gasteiger partial charge in [0.25, 0.3) is 0 Å². The predicted molar refractivity (Wildman–Crippen MR) is 67.0 cm³/mol. The standard InChI is InChI=1S/C14H18FNO/c1-14(2)7-4-8-16(10-14)13-6-3-5-12(15)11(13)9-17/h3,5-6,9H,4,7-8,10H2,1-2H3. The minimum atomic E-state index is -0.430. The molecule has 0 aromatic heterocycles. The normalized spacial score (nSPS) is 19.1. The quantitative estimate of drug-likeness (QED) is 0.733. The lowest BCUT2D eigenvalue weighted by atomic mass is 9.84. The van der Waals surface area contributed by atoms with Gasteiger partial charge in [0.15, 0.2) is 6.29 Å². The van der Waals surface area contributed by atoms with Crippen molar-refractivity contribution in [2.45, 2.75) is 26.7 Å². The lowest BCUT2D eigenvalue weighted by molar-refractivity contribution is 0.112. The lowest BCUT2D eigenvalue weighted by Crippen LogP contribution is -2.40. The van der Waals surface area contributed by atoms with E-state index < -0.39 is 5.82 Å². The summed E-state index contributed by atoms with van der Waals surface area (Å²) in [6, 6.07) is 4.83. The summed E-state index contributed by atoms with van der Waals surface area (Å²) in [6.07, 6.45) is 2.88. The van der Waals surface area contributed by atoms with Crippen LogP contribution in [-0.2, 0) is 0 Å². The van der Waals surface area contributed by atoms with E-state index in [1.807, 2.05) is 6.07 Å². The number of piperidine rings is 1. The number of carbonyl (C=O) groups excluding carboxylic acids is 1. The summed E-state index contributed by atoms with van der Waals surface area (Å²) < 4.78 is 13.5. The number of hydrogen-bond acceptors (Lipinski definition) is 2. The van der Waals surface area contributed by atoms with E-state index in [0.29, 0.717) is 6.29 Å². The second-order valence-electron chi connectivity index (χ2n) is 5.48. The van der Waals surface area contributed by atoms with Crippen LogP contribution in [0.25, 0.3) is 0 Å². The van der Waals surface area contributed by atoms with Crippen LogP contribution < -0.4 is 4.90 Å². The number of aldehydes is 1. The molecule has 2 nitrogen and oxygen atoms in total. The molecule has 0 atom stereocenters. The zero-order valence-electron chi connectivity index (χ0n) is 10.4. The monoisotopic (exact) mass is 235 g/mol. The van der Waals surface area contributed by atoms with Gasteiger partial charge in [-0.15, -0.1) is 0 Å². The van der Waals surface area contributed by atoms with Crippen LogP contribution in [0.1, 0.15) is 37.0 Å². The smallest absolute Gasteiger partial charge is 0.155 e. The molecule has 1 aliphatic rings. The molecule has 0 saturated carbocycles. The third-order valence-electron chi connectivity index (χ3n) is 3.39. The molecule has 3 heteroatoms. The van der Waals surface area contributed by atoms with Crippen molar-refractivity contribution in [1.29, 1.82) is 0 Å². The number of benzene rings is 1. The molecular weight excluding hydrogens is 217 g/mol. The van der Waals surface area contributed by atoms with Crippen molar-refractivity contribution in [2.24, 2.45) is 5.41 Å². The molecule has 1 fully saturated rings. The molecule has 0 bridgehead atoms. The van der Waals surface area contributed by atoms with E-state index >= 15 is 0 Å². The molecule has 0 N–H and O–H groups in total. The fraction of sp³-hybridized carbons (Fsp3) is 0.500. The summed E-state index contributed by atoms with van der Waals surface area (Å²) >= 11 is 0. The summed E-state index contributed by atoms with van der Waals surface area (Å²) in [7, 11) is 0. The molecule has 0 unspecified atom stereocenters. The molecule has 2 rings (SSSR count). The Labute approximate surface area is 101 Å². The fourth-order valence-corrected chi connectivity index (χ4v) is 2.55. The van der Waals surface area contributed by atoms with E-state index in [4.69, 9.17) is 0 Å². The molecule has 0 spiro atoms. The van der Waals surface area contributed by atoms with Gasteiger partial charge in [0.1, 0.15) is 5.82 Å². The first-order chi connectivity index (χ1) is 8.03. The third-order valence-corrected chi connectivity index (χ3v) is 3.39. The van der Waals surface area contributed by atoms with Gasteiger partial charge in [-0.2, -0.15) is 0 Å². The van der Waals surface area contributed by atoms with E-state index in [9.17, 15) is 9.18 Å². The summed E-state index contributed by atoms with van der Waals surface area (Å²) in [5, 5.41) is 0. The zero-order chi connectivity index (χ0) is 12.5. The lowest BCUT2D eigenvalue weighted by Gasteiger charge is -2.39. The topological polar surface area (TPSA) is 20.3 Å². The summed E-state index contributed by atoms with van der Waals surface area (Å²) in [6.45, 7) is 6.18. The Balaban J connectivity index is 2.34. The minimum absolute atomic E-state index is 0.185. The van der Waals surface area contributed by atoms with Crippen LogP contribution in [-0.4, -0.2) is 19.4 Å². The Morgan fingerprint density at radius 1 is 1.41 bits per heavy atom. The largest absolute Gasteiger partial charge is 0.370 e. The maximum atomic E-state index is 13.5. The van der Waals surface area contributed by atoms with E-state index in [2.05, 4.69) is 18.7 Å². The Morgan fingerprint density at radius 3 is 2.82 bits per heavy atom. The van der Waals surface area contributed by atoms with E-state index in [1.165, 1.54) is 12.5 Å². The molecular formula is C14H18FNO. The number of rotatable bonds is 2. The van der Waals surface area contributed by atoms with Crippen LogP contribution in [0.3, 0.4) is 0 Å². The van der Waals surface area contributed by atoms with Gasteiger partial charge in [-0.1, -0.05) is 19.9 Å². The molecule has 1 heterocycles. The first-order valence-corrected chi connectivity index (χ1v) is 6.02. The maximum absolute atomic E-state index is 13.5. The maximum Gasteiger partial charge on any atom is 0.155 e. The molecule has 0 radical (unpaired) electrons. The zero-order valence-corrected chi connectivity index (χ0v) is 10.4. The van der Waals surface area contributed by atoms with E-state index in [1.54, 1.807) is 6.07 Å². The average Bonchev–Trinajstić information content (AvgIpc) is 2.27. The molecule has 17 heavy (non-hydrogen) atoms. The molecule has 1 aromatic carbocycles. The Kier molecular flexibility index (Phi) is 3.18. The van der Waals surface area contributed by atoms with Gasteiger partial charge >= 0.3 is 0 Å². The molecule has 0 aliphatic carbocycles. The highest BCUT2D eigenvalue weighted by Gasteiger charge is 2.27. The first-order valence-electron chi connectivity index (χ1n) is 6.02. The molecule has 1 saturated heterocycles. The van der Waals surface area contributed by atoms with Gasteiger partial charge in [-0.25, -0.2) is 4.39 Å². The van der Waals surface area contributed by atoms with Crippen LogP contribution in [0, 0.1) is 11.2 Å². The number of carbonyl (C=O) groups is 1. The van der Waals surface area contributed by atoms with Crippen LogP contribution in [0.15, 0.2) is 18.2 Å². The highest BCUT2D eigenvalue weighted by Crippen LogP contribution is 2.33. The van der Waals surface area contributed by atoms with Gasteiger partial charge in [0.05, 0.1) is 11.3 Å². The Hall–Kier alpha value is -1.38.